The number of non-ortho nitro benzene ring substituents is 1. The molecule has 0 amide bonds. The molecule has 5 nitrogen and oxygen atoms in total. The molecule has 1 N–H and O–H groups in total. The lowest BCUT2D eigenvalue weighted by atomic mass is 10.0. The fraction of sp³-hybridized carbons (Fsp3) is 0.273. The van der Waals surface area contributed by atoms with Gasteiger partial charge in [0.25, 0.3) is 5.69 Å². The summed E-state index contributed by atoms with van der Waals surface area (Å²) in [6.07, 6.45) is 2.74. The van der Waals surface area contributed by atoms with Crippen LogP contribution in [0.2, 0.25) is 0 Å². The highest BCUT2D eigenvalue weighted by Gasteiger charge is 2.19. The predicted octanol–water partition coefficient (Wildman–Crippen LogP) is 1.93. The van der Waals surface area contributed by atoms with Gasteiger partial charge >= 0.3 is 0 Å². The standard InChI is InChI=1S/C11H11NO4/c13-10-5-6-16-11(7-10)8-1-3-9(4-2-8)12(14)15/h1-6,10-11,13H,7H2/t10-,11+/m1/s1. The second-order valence-electron chi connectivity index (χ2n) is 3.60. The van der Waals surface area contributed by atoms with Crippen molar-refractivity contribution in [3.8, 4) is 0 Å². The summed E-state index contributed by atoms with van der Waals surface area (Å²) in [5.41, 5.74) is 0.879. The minimum Gasteiger partial charge on any atom is -0.493 e. The van der Waals surface area contributed by atoms with Gasteiger partial charge in [0.05, 0.1) is 17.3 Å². The van der Waals surface area contributed by atoms with Gasteiger partial charge in [-0.15, -0.1) is 0 Å². The van der Waals surface area contributed by atoms with E-state index >= 15 is 0 Å². The van der Waals surface area contributed by atoms with Crippen LogP contribution in [-0.2, 0) is 4.74 Å². The van der Waals surface area contributed by atoms with Crippen molar-refractivity contribution in [2.45, 2.75) is 18.6 Å². The first-order valence-corrected chi connectivity index (χ1v) is 4.91. The normalized spacial score (nSPS) is 23.8. The summed E-state index contributed by atoms with van der Waals surface area (Å²) < 4.78 is 5.32. The molecule has 0 radical (unpaired) electrons. The SMILES string of the molecule is O=[N+]([O-])c1ccc([C@@H]2C[C@H](O)C=CO2)cc1. The van der Waals surface area contributed by atoms with Gasteiger partial charge in [-0.05, 0) is 23.8 Å². The molecule has 84 valence electrons. The molecular weight excluding hydrogens is 210 g/mol. The maximum absolute atomic E-state index is 10.5. The third-order valence-corrected chi connectivity index (χ3v) is 2.47. The van der Waals surface area contributed by atoms with Crippen molar-refractivity contribution in [3.05, 3.63) is 52.3 Å². The number of hydrogen-bond donors (Lipinski definition) is 1. The molecule has 0 bridgehead atoms. The first kappa shape index (κ1) is 10.6. The van der Waals surface area contributed by atoms with Gasteiger partial charge in [-0.3, -0.25) is 10.1 Å². The molecule has 0 aliphatic carbocycles. The number of rotatable bonds is 2. The van der Waals surface area contributed by atoms with Gasteiger partial charge in [-0.1, -0.05) is 0 Å². The van der Waals surface area contributed by atoms with Crippen molar-refractivity contribution < 1.29 is 14.8 Å². The van der Waals surface area contributed by atoms with Gasteiger partial charge in [0.15, 0.2) is 0 Å². The van der Waals surface area contributed by atoms with Crippen molar-refractivity contribution in [2.24, 2.45) is 0 Å². The minimum atomic E-state index is -0.519. The molecule has 16 heavy (non-hydrogen) atoms. The molecule has 5 heteroatoms. The van der Waals surface area contributed by atoms with Crippen LogP contribution in [0.1, 0.15) is 18.1 Å². The molecule has 1 heterocycles. The van der Waals surface area contributed by atoms with E-state index in [1.807, 2.05) is 0 Å². The van der Waals surface area contributed by atoms with E-state index in [2.05, 4.69) is 0 Å². The van der Waals surface area contributed by atoms with Crippen molar-refractivity contribution in [1.29, 1.82) is 0 Å². The van der Waals surface area contributed by atoms with Gasteiger partial charge in [-0.25, -0.2) is 0 Å². The number of aliphatic hydroxyl groups excluding tert-OH is 1. The Morgan fingerprint density at radius 2 is 2.06 bits per heavy atom. The molecular formula is C11H11NO4. The summed E-state index contributed by atoms with van der Waals surface area (Å²) in [6.45, 7) is 0. The molecule has 1 aliphatic heterocycles. The number of benzene rings is 1. The Kier molecular flexibility index (Phi) is 2.87. The Bertz CT molecular complexity index is 412. The Morgan fingerprint density at radius 3 is 2.62 bits per heavy atom. The molecule has 2 atom stereocenters. The maximum atomic E-state index is 10.5. The zero-order chi connectivity index (χ0) is 11.5. The Balaban J connectivity index is 2.16. The van der Waals surface area contributed by atoms with Gasteiger partial charge in [0.2, 0.25) is 0 Å². The lowest BCUT2D eigenvalue weighted by Crippen LogP contribution is -2.15. The summed E-state index contributed by atoms with van der Waals surface area (Å²) >= 11 is 0. The molecule has 1 aromatic rings. The molecule has 2 rings (SSSR count). The van der Waals surface area contributed by atoms with Gasteiger partial charge in [-0.2, -0.15) is 0 Å². The van der Waals surface area contributed by atoms with E-state index in [0.29, 0.717) is 6.42 Å². The predicted molar refractivity (Wildman–Crippen MR) is 56.7 cm³/mol. The molecule has 0 saturated carbocycles. The van der Waals surface area contributed by atoms with Gasteiger partial charge < -0.3 is 9.84 Å². The molecule has 0 spiro atoms. The molecule has 1 aromatic carbocycles. The Morgan fingerprint density at radius 1 is 1.38 bits per heavy atom. The molecule has 0 saturated heterocycles. The van der Waals surface area contributed by atoms with E-state index in [4.69, 9.17) is 4.74 Å². The highest BCUT2D eigenvalue weighted by Crippen LogP contribution is 2.27. The van der Waals surface area contributed by atoms with E-state index in [-0.39, 0.29) is 11.8 Å². The lowest BCUT2D eigenvalue weighted by Gasteiger charge is -2.22. The van der Waals surface area contributed by atoms with Crippen LogP contribution in [0.5, 0.6) is 0 Å². The summed E-state index contributed by atoms with van der Waals surface area (Å²) in [5.74, 6) is 0. The van der Waals surface area contributed by atoms with Gasteiger partial charge in [0, 0.05) is 18.6 Å². The van der Waals surface area contributed by atoms with Crippen molar-refractivity contribution in [2.75, 3.05) is 0 Å². The van der Waals surface area contributed by atoms with Crippen LogP contribution in [-0.4, -0.2) is 16.1 Å². The maximum Gasteiger partial charge on any atom is 0.269 e. The summed E-state index contributed by atoms with van der Waals surface area (Å²) in [5, 5.41) is 19.9. The third-order valence-electron chi connectivity index (χ3n) is 2.47. The van der Waals surface area contributed by atoms with Crippen LogP contribution in [0.25, 0.3) is 0 Å². The smallest absolute Gasteiger partial charge is 0.269 e. The quantitative estimate of drug-likeness (QED) is 0.611. The minimum absolute atomic E-state index is 0.0515. The highest BCUT2D eigenvalue weighted by atomic mass is 16.6. The highest BCUT2D eigenvalue weighted by molar-refractivity contribution is 5.34. The lowest BCUT2D eigenvalue weighted by molar-refractivity contribution is -0.384. The van der Waals surface area contributed by atoms with Crippen molar-refractivity contribution in [1.82, 2.24) is 0 Å². The Labute approximate surface area is 92.1 Å². The van der Waals surface area contributed by atoms with Crippen LogP contribution in [0.4, 0.5) is 5.69 Å². The number of hydrogen-bond acceptors (Lipinski definition) is 4. The van der Waals surface area contributed by atoms with Crippen molar-refractivity contribution in [3.63, 3.8) is 0 Å². The number of nitrogens with zero attached hydrogens (tertiary/aromatic N) is 1. The number of aliphatic hydroxyl groups is 1. The molecule has 0 aromatic heterocycles. The van der Waals surface area contributed by atoms with E-state index in [9.17, 15) is 15.2 Å². The number of nitro groups is 1. The average molecular weight is 221 g/mol. The zero-order valence-corrected chi connectivity index (χ0v) is 8.45. The molecule has 1 aliphatic rings. The Hall–Kier alpha value is -1.88. The fourth-order valence-electron chi connectivity index (χ4n) is 1.61. The van der Waals surface area contributed by atoms with E-state index < -0.39 is 11.0 Å². The second kappa shape index (κ2) is 4.32. The average Bonchev–Trinajstić information content (AvgIpc) is 2.29. The fourth-order valence-corrected chi connectivity index (χ4v) is 1.61. The molecule has 0 fully saturated rings. The third kappa shape index (κ3) is 2.20. The monoisotopic (exact) mass is 221 g/mol. The topological polar surface area (TPSA) is 72.6 Å². The molecule has 0 unspecified atom stereocenters. The first-order valence-electron chi connectivity index (χ1n) is 4.91. The first-order chi connectivity index (χ1) is 7.66. The zero-order valence-electron chi connectivity index (χ0n) is 8.45. The van der Waals surface area contributed by atoms with Crippen LogP contribution in [0, 0.1) is 10.1 Å². The van der Waals surface area contributed by atoms with E-state index in [1.54, 1.807) is 18.2 Å². The second-order valence-corrected chi connectivity index (χ2v) is 3.60. The van der Waals surface area contributed by atoms with E-state index in [0.717, 1.165) is 5.56 Å². The van der Waals surface area contributed by atoms with Crippen LogP contribution in [0.3, 0.4) is 0 Å². The van der Waals surface area contributed by atoms with Crippen LogP contribution < -0.4 is 0 Å². The van der Waals surface area contributed by atoms with Crippen LogP contribution >= 0.6 is 0 Å². The number of ether oxygens (including phenoxy) is 1. The van der Waals surface area contributed by atoms with Crippen molar-refractivity contribution >= 4 is 5.69 Å². The number of nitro benzene ring substituents is 1. The largest absolute Gasteiger partial charge is 0.493 e. The van der Waals surface area contributed by atoms with E-state index in [1.165, 1.54) is 18.4 Å². The van der Waals surface area contributed by atoms with Crippen LogP contribution in [0.15, 0.2) is 36.6 Å². The summed E-state index contributed by atoms with van der Waals surface area (Å²) in [4.78, 5) is 10.0. The summed E-state index contributed by atoms with van der Waals surface area (Å²) in [7, 11) is 0. The summed E-state index contributed by atoms with van der Waals surface area (Å²) in [6, 6.07) is 6.16. The van der Waals surface area contributed by atoms with Gasteiger partial charge in [0.1, 0.15) is 6.10 Å².